The molecule has 7 heteroatoms. The van der Waals surface area contributed by atoms with Gasteiger partial charge in [-0.15, -0.1) is 0 Å². The summed E-state index contributed by atoms with van der Waals surface area (Å²) in [6.07, 6.45) is 0. The van der Waals surface area contributed by atoms with Gasteiger partial charge in [0.25, 0.3) is 0 Å². The average molecular weight is 918 g/mol. The summed E-state index contributed by atoms with van der Waals surface area (Å²) in [5.74, 6) is 1.73. The Morgan fingerprint density at radius 1 is 0.347 bits per heavy atom. The van der Waals surface area contributed by atoms with Crippen molar-refractivity contribution in [3.8, 4) is 85.0 Å². The fourth-order valence-corrected chi connectivity index (χ4v) is 10.4. The van der Waals surface area contributed by atoms with E-state index < -0.39 is 0 Å². The van der Waals surface area contributed by atoms with Crippen LogP contribution in [0.5, 0.6) is 0 Å². The number of nitrogens with zero attached hydrogens (tertiary/aromatic N) is 7. The van der Waals surface area contributed by atoms with Crippen LogP contribution in [0, 0.1) is 17.9 Å². The molecule has 10 aromatic carbocycles. The summed E-state index contributed by atoms with van der Waals surface area (Å²) in [4.78, 5) is 19.3. The van der Waals surface area contributed by atoms with Crippen molar-refractivity contribution in [2.24, 2.45) is 0 Å². The van der Waals surface area contributed by atoms with Crippen LogP contribution in [-0.4, -0.2) is 24.1 Å². The molecule has 0 atom stereocenters. The van der Waals surface area contributed by atoms with Crippen molar-refractivity contribution in [3.63, 3.8) is 0 Å². The monoisotopic (exact) mass is 917 g/mol. The molecule has 0 amide bonds. The maximum Gasteiger partial charge on any atom is 0.194 e. The van der Waals surface area contributed by atoms with E-state index in [2.05, 4.69) is 147 Å². The van der Waals surface area contributed by atoms with Crippen LogP contribution >= 0.6 is 0 Å². The summed E-state index contributed by atoms with van der Waals surface area (Å²) in [6, 6.07) is 83.5. The van der Waals surface area contributed by atoms with E-state index in [0.717, 1.165) is 105 Å². The van der Waals surface area contributed by atoms with Crippen molar-refractivity contribution in [1.29, 1.82) is 5.26 Å². The van der Waals surface area contributed by atoms with Crippen LogP contribution in [0.2, 0.25) is 0 Å². The molecular weight excluding hydrogens is 879 g/mol. The molecule has 0 bridgehead atoms. The van der Waals surface area contributed by atoms with Gasteiger partial charge in [-0.25, -0.2) is 19.8 Å². The lowest BCUT2D eigenvalue weighted by atomic mass is 9.97. The lowest BCUT2D eigenvalue weighted by molar-refractivity contribution is 1.07. The first-order chi connectivity index (χ1) is 35.6. The van der Waals surface area contributed by atoms with Crippen molar-refractivity contribution in [1.82, 2.24) is 24.1 Å². The second kappa shape index (κ2) is 17.4. The van der Waals surface area contributed by atoms with Crippen LogP contribution in [0.4, 0.5) is 5.69 Å². The molecule has 0 aliphatic rings. The first-order valence-corrected chi connectivity index (χ1v) is 23.8. The summed E-state index contributed by atoms with van der Waals surface area (Å²) in [7, 11) is 0. The van der Waals surface area contributed by atoms with Crippen molar-refractivity contribution in [3.05, 3.63) is 254 Å². The Labute approximate surface area is 415 Å². The van der Waals surface area contributed by atoms with Gasteiger partial charge in [0.2, 0.25) is 0 Å². The first-order valence-electron chi connectivity index (χ1n) is 23.8. The van der Waals surface area contributed by atoms with Crippen LogP contribution in [0.25, 0.3) is 127 Å². The lowest BCUT2D eigenvalue weighted by Crippen LogP contribution is -2.03. The molecule has 0 saturated carbocycles. The normalized spacial score (nSPS) is 11.3. The minimum absolute atomic E-state index is 0.556. The topological polar surface area (TPSA) is 76.7 Å². The zero-order valence-electron chi connectivity index (χ0n) is 38.6. The van der Waals surface area contributed by atoms with Gasteiger partial charge in [-0.05, 0) is 89.0 Å². The molecule has 0 radical (unpaired) electrons. The Morgan fingerprint density at radius 2 is 0.792 bits per heavy atom. The predicted octanol–water partition coefficient (Wildman–Crippen LogP) is 16.5. The van der Waals surface area contributed by atoms with Gasteiger partial charge in [-0.2, -0.15) is 5.26 Å². The minimum Gasteiger partial charge on any atom is -0.309 e. The van der Waals surface area contributed by atoms with Gasteiger partial charge in [-0.3, -0.25) is 0 Å². The van der Waals surface area contributed by atoms with Crippen molar-refractivity contribution in [2.45, 2.75) is 0 Å². The molecular formula is C65H39N7. The summed E-state index contributed by atoms with van der Waals surface area (Å²) in [6.45, 7) is 7.94. The Morgan fingerprint density at radius 3 is 1.39 bits per heavy atom. The van der Waals surface area contributed by atoms with Gasteiger partial charge in [0.1, 0.15) is 0 Å². The number of hydrogen-bond donors (Lipinski definition) is 0. The molecule has 13 aromatic rings. The highest BCUT2D eigenvalue weighted by Crippen LogP contribution is 2.44. The smallest absolute Gasteiger partial charge is 0.194 e. The summed E-state index contributed by atoms with van der Waals surface area (Å²) in [5, 5.41) is 14.5. The van der Waals surface area contributed by atoms with Gasteiger partial charge in [0.05, 0.1) is 51.6 Å². The predicted molar refractivity (Wildman–Crippen MR) is 292 cm³/mol. The van der Waals surface area contributed by atoms with E-state index in [9.17, 15) is 5.26 Å². The zero-order chi connectivity index (χ0) is 48.1. The van der Waals surface area contributed by atoms with Crippen LogP contribution in [0.15, 0.2) is 237 Å². The van der Waals surface area contributed by atoms with E-state index in [1.165, 1.54) is 0 Å². The van der Waals surface area contributed by atoms with E-state index in [1.807, 2.05) is 109 Å². The number of fused-ring (bicyclic) bond motifs is 6. The van der Waals surface area contributed by atoms with Crippen molar-refractivity contribution < 1.29 is 0 Å². The summed E-state index contributed by atoms with van der Waals surface area (Å²) in [5.41, 5.74) is 15.8. The van der Waals surface area contributed by atoms with E-state index in [1.54, 1.807) is 0 Å². The molecule has 0 unspecified atom stereocenters. The molecule has 3 heterocycles. The second-order valence-electron chi connectivity index (χ2n) is 17.7. The quantitative estimate of drug-likeness (QED) is 0.142. The van der Waals surface area contributed by atoms with Gasteiger partial charge < -0.3 is 9.13 Å². The Balaban J connectivity index is 1.09. The largest absolute Gasteiger partial charge is 0.309 e. The Hall–Kier alpha value is -10.2. The van der Waals surface area contributed by atoms with Crippen LogP contribution in [0.1, 0.15) is 5.56 Å². The van der Waals surface area contributed by atoms with E-state index >= 15 is 0 Å². The molecule has 3 aromatic heterocycles. The number of nitriles is 1. The second-order valence-corrected chi connectivity index (χ2v) is 17.7. The van der Waals surface area contributed by atoms with Crippen LogP contribution in [-0.2, 0) is 0 Å². The maximum absolute atomic E-state index is 10.1. The summed E-state index contributed by atoms with van der Waals surface area (Å²) < 4.78 is 4.74. The number of rotatable bonds is 8. The number of hydrogen-bond acceptors (Lipinski definition) is 4. The molecule has 7 nitrogen and oxygen atoms in total. The summed E-state index contributed by atoms with van der Waals surface area (Å²) >= 11 is 0. The third-order valence-corrected chi connectivity index (χ3v) is 13.7. The molecule has 0 fully saturated rings. The van der Waals surface area contributed by atoms with Gasteiger partial charge in [0.15, 0.2) is 23.2 Å². The molecule has 334 valence electrons. The van der Waals surface area contributed by atoms with Crippen LogP contribution < -0.4 is 0 Å². The Kier molecular flexibility index (Phi) is 10.1. The lowest BCUT2D eigenvalue weighted by Gasteiger charge is -2.20. The maximum atomic E-state index is 10.1. The van der Waals surface area contributed by atoms with Gasteiger partial charge >= 0.3 is 0 Å². The highest BCUT2D eigenvalue weighted by Gasteiger charge is 2.23. The molecule has 0 saturated heterocycles. The fraction of sp³-hybridized carbons (Fsp3) is 0. The first kappa shape index (κ1) is 41.9. The molecule has 13 rings (SSSR count). The third kappa shape index (κ3) is 7.00. The molecule has 0 spiro atoms. The fourth-order valence-electron chi connectivity index (χ4n) is 10.4. The van der Waals surface area contributed by atoms with Crippen molar-refractivity contribution >= 4 is 49.3 Å². The highest BCUT2D eigenvalue weighted by atomic mass is 15.0. The van der Waals surface area contributed by atoms with Crippen molar-refractivity contribution in [2.75, 3.05) is 0 Å². The molecule has 0 aliphatic heterocycles. The van der Waals surface area contributed by atoms with Crippen LogP contribution in [0.3, 0.4) is 0 Å². The molecule has 72 heavy (non-hydrogen) atoms. The highest BCUT2D eigenvalue weighted by molar-refractivity contribution is 6.13. The average Bonchev–Trinajstić information content (AvgIpc) is 3.97. The third-order valence-electron chi connectivity index (χ3n) is 13.7. The van der Waals surface area contributed by atoms with E-state index in [-0.39, 0.29) is 0 Å². The Bertz CT molecular complexity index is 4300. The minimum atomic E-state index is 0.556. The molecule has 0 N–H and O–H groups in total. The SMILES string of the molecule is [C-]#[N+]c1ccccc1-c1ccc2c(c1)c1ccccc1n2-c1ccccc1-c1cc(-c2nc(-c3ccccc3)nc(-c3ccccc3)n2)ccc1-n1c2ccccc2c2cc(-c3ccccc3C#N)ccc21. The zero-order valence-corrected chi connectivity index (χ0v) is 38.6. The van der Waals surface area contributed by atoms with Gasteiger partial charge in [-0.1, -0.05) is 170 Å². The van der Waals surface area contributed by atoms with E-state index in [4.69, 9.17) is 21.5 Å². The van der Waals surface area contributed by atoms with Gasteiger partial charge in [0, 0.05) is 49.4 Å². The number of para-hydroxylation sites is 4. The standard InChI is InChI=1S/C65H39N7/c1-67-56-28-14-10-24-49(56)45-33-36-60-54(39-45)51-26-11-15-29-57(51)71(60)58-30-16-13-27-52(58)55-40-46(65-69-63(42-18-4-2-5-19-42)68-64(70-65)43-20-6-3-7-21-43)34-37-62(55)72-59-31-17-12-25-50(59)53-38-44(32-35-61(53)72)48-23-9-8-22-47(48)41-66/h2-40H. The molecule has 0 aliphatic carbocycles. The number of benzene rings is 10. The number of aromatic nitrogens is 5. The van der Waals surface area contributed by atoms with E-state index in [0.29, 0.717) is 28.7 Å².